The van der Waals surface area contributed by atoms with Gasteiger partial charge in [0.15, 0.2) is 0 Å². The van der Waals surface area contributed by atoms with Crippen LogP contribution in [-0.2, 0) is 19.2 Å². The van der Waals surface area contributed by atoms with Crippen LogP contribution in [0.5, 0.6) is 0 Å². The van der Waals surface area contributed by atoms with E-state index in [1.54, 1.807) is 0 Å². The average Bonchev–Trinajstić information content (AvgIpc) is 2.32. The second-order valence-corrected chi connectivity index (χ2v) is 3.15. The molecule has 10 heteroatoms. The van der Waals surface area contributed by atoms with Crippen molar-refractivity contribution in [1.82, 2.24) is 10.6 Å². The first-order chi connectivity index (χ1) is 9.17. The van der Waals surface area contributed by atoms with Gasteiger partial charge in [0.25, 0.3) is 11.9 Å². The van der Waals surface area contributed by atoms with Gasteiger partial charge in [0.2, 0.25) is 11.8 Å². The Balaban J connectivity index is -0.000000297. The van der Waals surface area contributed by atoms with E-state index in [-0.39, 0.29) is 24.9 Å². The van der Waals surface area contributed by atoms with Gasteiger partial charge in [-0.15, -0.1) is 0 Å². The third kappa shape index (κ3) is 44.7. The van der Waals surface area contributed by atoms with Crippen molar-refractivity contribution in [2.24, 2.45) is 11.5 Å². The zero-order valence-corrected chi connectivity index (χ0v) is 11.5. The molecule has 0 aromatic carbocycles. The van der Waals surface area contributed by atoms with Gasteiger partial charge in [-0.3, -0.25) is 19.2 Å². The van der Waals surface area contributed by atoms with Crippen molar-refractivity contribution in [1.29, 1.82) is 0 Å². The highest BCUT2D eigenvalue weighted by molar-refractivity contribution is 5.78. The zero-order chi connectivity index (χ0) is 16.6. The van der Waals surface area contributed by atoms with Crippen molar-refractivity contribution < 1.29 is 29.4 Å². The monoisotopic (exact) mass is 294 g/mol. The molecule has 0 unspecified atom stereocenters. The standard InChI is InChI=1S/C6H14N4O2.2C2H4O2/c7-3-5(11)9-1-2-10-6(12)4-8;2*1-2(3)4/h1-4,7-8H2,(H,9,11)(H,10,12);2*1H3,(H,3,4). The summed E-state index contributed by atoms with van der Waals surface area (Å²) in [6.07, 6.45) is 0. The first-order valence-electron chi connectivity index (χ1n) is 5.49. The first-order valence-corrected chi connectivity index (χ1v) is 5.49. The molecular formula is C10H22N4O6. The number of nitrogens with one attached hydrogen (secondary N) is 2. The van der Waals surface area contributed by atoms with Crippen LogP contribution in [0.25, 0.3) is 0 Å². The summed E-state index contributed by atoms with van der Waals surface area (Å²) in [4.78, 5) is 39.1. The number of amides is 2. The number of aliphatic carboxylic acids is 2. The summed E-state index contributed by atoms with van der Waals surface area (Å²) in [6.45, 7) is 2.85. The fourth-order valence-corrected chi connectivity index (χ4v) is 0.548. The lowest BCUT2D eigenvalue weighted by Crippen LogP contribution is -2.39. The van der Waals surface area contributed by atoms with E-state index in [1.807, 2.05) is 0 Å². The highest BCUT2D eigenvalue weighted by atomic mass is 16.4. The summed E-state index contributed by atoms with van der Waals surface area (Å²) in [5, 5.41) is 19.8. The molecule has 0 fully saturated rings. The Morgan fingerprint density at radius 3 is 1.15 bits per heavy atom. The van der Waals surface area contributed by atoms with Gasteiger partial charge in [-0.2, -0.15) is 0 Å². The van der Waals surface area contributed by atoms with Crippen molar-refractivity contribution in [2.75, 3.05) is 26.2 Å². The number of rotatable bonds is 5. The van der Waals surface area contributed by atoms with Gasteiger partial charge in [-0.25, -0.2) is 0 Å². The Labute approximate surface area is 116 Å². The van der Waals surface area contributed by atoms with Gasteiger partial charge in [0.05, 0.1) is 13.1 Å². The fourth-order valence-electron chi connectivity index (χ4n) is 0.548. The van der Waals surface area contributed by atoms with Crippen LogP contribution < -0.4 is 22.1 Å². The quantitative estimate of drug-likeness (QED) is 0.296. The summed E-state index contributed by atoms with van der Waals surface area (Å²) in [7, 11) is 0. The third-order valence-corrected chi connectivity index (χ3v) is 1.14. The predicted molar refractivity (Wildman–Crippen MR) is 70.7 cm³/mol. The minimum atomic E-state index is -0.833. The average molecular weight is 294 g/mol. The van der Waals surface area contributed by atoms with Crippen LogP contribution in [0.4, 0.5) is 0 Å². The maximum atomic E-state index is 10.6. The molecule has 0 saturated heterocycles. The summed E-state index contributed by atoms with van der Waals surface area (Å²) in [6, 6.07) is 0. The van der Waals surface area contributed by atoms with Crippen LogP contribution in [0.1, 0.15) is 13.8 Å². The molecule has 0 aliphatic rings. The van der Waals surface area contributed by atoms with E-state index in [0.717, 1.165) is 13.8 Å². The normalized spacial score (nSPS) is 8.00. The van der Waals surface area contributed by atoms with Crippen LogP contribution in [0.15, 0.2) is 0 Å². The second-order valence-electron chi connectivity index (χ2n) is 3.15. The van der Waals surface area contributed by atoms with E-state index in [4.69, 9.17) is 31.3 Å². The van der Waals surface area contributed by atoms with Gasteiger partial charge in [0, 0.05) is 26.9 Å². The minimum Gasteiger partial charge on any atom is -0.481 e. The number of carbonyl (C=O) groups is 4. The molecule has 0 spiro atoms. The molecule has 0 rings (SSSR count). The Kier molecular flexibility index (Phi) is 19.3. The summed E-state index contributed by atoms with van der Waals surface area (Å²) >= 11 is 0. The zero-order valence-electron chi connectivity index (χ0n) is 11.5. The van der Waals surface area contributed by atoms with Crippen molar-refractivity contribution in [3.05, 3.63) is 0 Å². The number of carboxylic acid groups (broad SMARTS) is 2. The molecule has 20 heavy (non-hydrogen) atoms. The van der Waals surface area contributed by atoms with E-state index < -0.39 is 11.9 Å². The number of hydrogen-bond donors (Lipinski definition) is 6. The van der Waals surface area contributed by atoms with E-state index in [1.165, 1.54) is 0 Å². The van der Waals surface area contributed by atoms with Gasteiger partial charge < -0.3 is 32.3 Å². The van der Waals surface area contributed by atoms with Crippen LogP contribution in [0.3, 0.4) is 0 Å². The minimum absolute atomic E-state index is 0.0369. The molecule has 0 heterocycles. The third-order valence-electron chi connectivity index (χ3n) is 1.14. The lowest BCUT2D eigenvalue weighted by Gasteiger charge is -2.04. The Morgan fingerprint density at radius 1 is 0.800 bits per heavy atom. The maximum Gasteiger partial charge on any atom is 0.300 e. The van der Waals surface area contributed by atoms with Crippen molar-refractivity contribution >= 4 is 23.8 Å². The van der Waals surface area contributed by atoms with Crippen LogP contribution in [0, 0.1) is 0 Å². The summed E-state index contributed by atoms with van der Waals surface area (Å²) in [5.41, 5.74) is 10.0. The van der Waals surface area contributed by atoms with Crippen molar-refractivity contribution in [3.63, 3.8) is 0 Å². The van der Waals surface area contributed by atoms with Crippen LogP contribution in [0.2, 0.25) is 0 Å². The summed E-state index contributed by atoms with van der Waals surface area (Å²) < 4.78 is 0. The molecule has 10 nitrogen and oxygen atoms in total. The second kappa shape index (κ2) is 16.8. The first kappa shape index (κ1) is 22.9. The van der Waals surface area contributed by atoms with Gasteiger partial charge >= 0.3 is 0 Å². The maximum absolute atomic E-state index is 10.6. The van der Waals surface area contributed by atoms with Crippen LogP contribution >= 0.6 is 0 Å². The van der Waals surface area contributed by atoms with E-state index in [2.05, 4.69) is 10.6 Å². The predicted octanol–water partition coefficient (Wildman–Crippen LogP) is -2.68. The molecule has 118 valence electrons. The molecule has 0 radical (unpaired) electrons. The lowest BCUT2D eigenvalue weighted by atomic mass is 10.5. The molecule has 0 bridgehead atoms. The molecule has 0 aliphatic heterocycles. The van der Waals surface area contributed by atoms with Crippen molar-refractivity contribution in [2.45, 2.75) is 13.8 Å². The van der Waals surface area contributed by atoms with Crippen LogP contribution in [-0.4, -0.2) is 60.1 Å². The molecule has 0 atom stereocenters. The molecular weight excluding hydrogens is 272 g/mol. The fraction of sp³-hybridized carbons (Fsp3) is 0.600. The Bertz CT molecular complexity index is 270. The van der Waals surface area contributed by atoms with E-state index >= 15 is 0 Å². The molecule has 8 N–H and O–H groups in total. The van der Waals surface area contributed by atoms with E-state index in [0.29, 0.717) is 13.1 Å². The molecule has 0 saturated carbocycles. The smallest absolute Gasteiger partial charge is 0.300 e. The molecule has 0 aromatic rings. The topological polar surface area (TPSA) is 185 Å². The van der Waals surface area contributed by atoms with Crippen molar-refractivity contribution in [3.8, 4) is 0 Å². The largest absolute Gasteiger partial charge is 0.481 e. The lowest BCUT2D eigenvalue weighted by molar-refractivity contribution is -0.135. The Morgan fingerprint density at radius 2 is 1.00 bits per heavy atom. The highest BCUT2D eigenvalue weighted by Crippen LogP contribution is 1.62. The van der Waals surface area contributed by atoms with E-state index in [9.17, 15) is 9.59 Å². The SMILES string of the molecule is CC(=O)O.CC(=O)O.NCC(=O)NCCNC(=O)CN. The number of carboxylic acids is 2. The van der Waals surface area contributed by atoms with Gasteiger partial charge in [-0.05, 0) is 0 Å². The Hall–Kier alpha value is -2.20. The molecule has 0 aliphatic carbocycles. The number of hydrogen-bond acceptors (Lipinski definition) is 6. The highest BCUT2D eigenvalue weighted by Gasteiger charge is 1.97. The number of nitrogens with two attached hydrogens (primary N) is 2. The van der Waals surface area contributed by atoms with Gasteiger partial charge in [0.1, 0.15) is 0 Å². The summed E-state index contributed by atoms with van der Waals surface area (Å²) in [5.74, 6) is -2.14. The molecule has 0 aromatic heterocycles. The number of carbonyl (C=O) groups excluding carboxylic acids is 2. The van der Waals surface area contributed by atoms with Gasteiger partial charge in [-0.1, -0.05) is 0 Å². The molecule has 2 amide bonds.